The summed E-state index contributed by atoms with van der Waals surface area (Å²) in [4.78, 5) is 24.3. The second kappa shape index (κ2) is 7.36. The van der Waals surface area contributed by atoms with Crippen molar-refractivity contribution in [2.45, 2.75) is 6.42 Å². The molecule has 0 aliphatic rings. The first-order chi connectivity index (χ1) is 10.2. The lowest BCUT2D eigenvalue weighted by atomic mass is 10.0. The van der Waals surface area contributed by atoms with Crippen LogP contribution in [0.1, 0.15) is 27.1 Å². The highest BCUT2D eigenvalue weighted by Gasteiger charge is 2.17. The van der Waals surface area contributed by atoms with Crippen LogP contribution in [0.5, 0.6) is 5.75 Å². The van der Waals surface area contributed by atoms with Gasteiger partial charge in [0, 0.05) is 12.7 Å². The maximum absolute atomic E-state index is 12.3. The minimum atomic E-state index is -0.268. The predicted molar refractivity (Wildman–Crippen MR) is 78.7 cm³/mol. The lowest BCUT2D eigenvalue weighted by molar-refractivity contribution is 0.0502. The van der Waals surface area contributed by atoms with E-state index in [1.165, 1.54) is 7.11 Å². The van der Waals surface area contributed by atoms with Crippen molar-refractivity contribution in [3.63, 3.8) is 0 Å². The first-order valence-corrected chi connectivity index (χ1v) is 6.54. The Morgan fingerprint density at radius 3 is 2.29 bits per heavy atom. The molecule has 0 unspecified atom stereocenters. The van der Waals surface area contributed by atoms with Gasteiger partial charge in [0.15, 0.2) is 18.4 Å². The zero-order chi connectivity index (χ0) is 15.1. The number of carbonyl (C=O) groups is 2. The fraction of sp³-hybridized carbons (Fsp3) is 0.176. The van der Waals surface area contributed by atoms with Crippen LogP contribution in [0, 0.1) is 0 Å². The first kappa shape index (κ1) is 14.9. The zero-order valence-electron chi connectivity index (χ0n) is 11.7. The predicted octanol–water partition coefficient (Wildman–Crippen LogP) is 3.13. The van der Waals surface area contributed by atoms with Crippen LogP contribution in [0.25, 0.3) is 0 Å². The molecular weight excluding hydrogens is 268 g/mol. The van der Waals surface area contributed by atoms with E-state index in [9.17, 15) is 9.59 Å². The van der Waals surface area contributed by atoms with Crippen LogP contribution >= 0.6 is 0 Å². The Labute approximate surface area is 123 Å². The number of Topliss-reactive ketones (excluding diaryl/α,β-unsaturated/α-hetero) is 2. The lowest BCUT2D eigenvalue weighted by Crippen LogP contribution is -2.11. The van der Waals surface area contributed by atoms with Crippen molar-refractivity contribution in [3.8, 4) is 5.75 Å². The van der Waals surface area contributed by atoms with E-state index in [0.29, 0.717) is 16.9 Å². The molecule has 0 aromatic heterocycles. The Kier molecular flexibility index (Phi) is 5.23. The average Bonchev–Trinajstić information content (AvgIpc) is 2.54. The van der Waals surface area contributed by atoms with Gasteiger partial charge in [-0.2, -0.15) is 0 Å². The first-order valence-electron chi connectivity index (χ1n) is 6.54. The molecule has 0 N–H and O–H groups in total. The molecule has 0 spiro atoms. The quantitative estimate of drug-likeness (QED) is 0.445. The summed E-state index contributed by atoms with van der Waals surface area (Å²) in [7, 11) is 1.50. The number of para-hydroxylation sites is 1. The molecule has 0 amide bonds. The van der Waals surface area contributed by atoms with Crippen molar-refractivity contribution in [2.75, 3.05) is 13.9 Å². The average molecular weight is 284 g/mol. The number of carbonyl (C=O) groups excluding carboxylic acids is 2. The van der Waals surface area contributed by atoms with E-state index in [1.54, 1.807) is 48.5 Å². The van der Waals surface area contributed by atoms with Crippen LogP contribution in [-0.4, -0.2) is 25.5 Å². The number of methoxy groups -OCH3 is 1. The van der Waals surface area contributed by atoms with E-state index in [0.717, 1.165) is 0 Å². The van der Waals surface area contributed by atoms with Crippen molar-refractivity contribution in [1.82, 2.24) is 0 Å². The Morgan fingerprint density at radius 1 is 0.905 bits per heavy atom. The van der Waals surface area contributed by atoms with Gasteiger partial charge in [0.2, 0.25) is 0 Å². The molecule has 0 heterocycles. The Hall–Kier alpha value is -2.46. The van der Waals surface area contributed by atoms with Gasteiger partial charge >= 0.3 is 0 Å². The second-order valence-corrected chi connectivity index (χ2v) is 4.44. The number of hydrogen-bond acceptors (Lipinski definition) is 4. The molecule has 0 saturated heterocycles. The molecule has 0 fully saturated rings. The van der Waals surface area contributed by atoms with Crippen LogP contribution < -0.4 is 4.74 Å². The number of rotatable bonds is 7. The van der Waals surface area contributed by atoms with E-state index < -0.39 is 0 Å². The minimum absolute atomic E-state index is 0.0525. The zero-order valence-corrected chi connectivity index (χ0v) is 11.7. The third-order valence-electron chi connectivity index (χ3n) is 2.94. The van der Waals surface area contributed by atoms with Crippen molar-refractivity contribution < 1.29 is 19.1 Å². The van der Waals surface area contributed by atoms with Crippen LogP contribution in [0.15, 0.2) is 54.6 Å². The molecule has 2 rings (SSSR count). The van der Waals surface area contributed by atoms with Crippen LogP contribution in [0.4, 0.5) is 0 Å². The van der Waals surface area contributed by atoms with E-state index in [-0.39, 0.29) is 24.8 Å². The SMILES string of the molecule is COCOc1ccccc1C(=O)CC(=O)c1ccccc1. The summed E-state index contributed by atoms with van der Waals surface area (Å²) >= 11 is 0. The van der Waals surface area contributed by atoms with E-state index in [1.807, 2.05) is 6.07 Å². The van der Waals surface area contributed by atoms with Crippen LogP contribution in [0.2, 0.25) is 0 Å². The molecule has 2 aromatic carbocycles. The van der Waals surface area contributed by atoms with Gasteiger partial charge in [-0.15, -0.1) is 0 Å². The van der Waals surface area contributed by atoms with Gasteiger partial charge in [-0.3, -0.25) is 9.59 Å². The maximum atomic E-state index is 12.3. The van der Waals surface area contributed by atoms with Crippen LogP contribution in [0.3, 0.4) is 0 Å². The molecule has 2 aromatic rings. The Bertz CT molecular complexity index is 620. The lowest BCUT2D eigenvalue weighted by Gasteiger charge is -2.09. The van der Waals surface area contributed by atoms with Crippen molar-refractivity contribution >= 4 is 11.6 Å². The maximum Gasteiger partial charge on any atom is 0.188 e. The summed E-state index contributed by atoms with van der Waals surface area (Å²) < 4.78 is 10.2. The fourth-order valence-electron chi connectivity index (χ4n) is 1.91. The minimum Gasteiger partial charge on any atom is -0.467 e. The van der Waals surface area contributed by atoms with Gasteiger partial charge < -0.3 is 9.47 Å². The monoisotopic (exact) mass is 284 g/mol. The summed E-state index contributed by atoms with van der Waals surface area (Å²) in [6.07, 6.45) is -0.183. The summed E-state index contributed by atoms with van der Waals surface area (Å²) in [6.45, 7) is 0.0525. The van der Waals surface area contributed by atoms with E-state index in [2.05, 4.69) is 0 Å². The highest BCUT2D eigenvalue weighted by molar-refractivity contribution is 6.14. The highest BCUT2D eigenvalue weighted by Crippen LogP contribution is 2.20. The number of ether oxygens (including phenoxy) is 2. The molecule has 4 heteroatoms. The molecular formula is C17H16O4. The molecule has 21 heavy (non-hydrogen) atoms. The highest BCUT2D eigenvalue weighted by atomic mass is 16.7. The Balaban J connectivity index is 2.12. The van der Waals surface area contributed by atoms with Crippen molar-refractivity contribution in [3.05, 3.63) is 65.7 Å². The van der Waals surface area contributed by atoms with Gasteiger partial charge in [0.1, 0.15) is 5.75 Å². The molecule has 0 atom stereocenters. The third-order valence-corrected chi connectivity index (χ3v) is 2.94. The third kappa shape index (κ3) is 4.00. The van der Waals surface area contributed by atoms with Gasteiger partial charge in [-0.1, -0.05) is 42.5 Å². The summed E-state index contributed by atoms with van der Waals surface area (Å²) in [5.41, 5.74) is 0.917. The molecule has 0 saturated carbocycles. The smallest absolute Gasteiger partial charge is 0.188 e. The van der Waals surface area contributed by atoms with Gasteiger partial charge in [0.25, 0.3) is 0 Å². The van der Waals surface area contributed by atoms with Crippen LogP contribution in [-0.2, 0) is 4.74 Å². The molecule has 4 nitrogen and oxygen atoms in total. The molecule has 0 radical (unpaired) electrons. The molecule has 0 aliphatic carbocycles. The summed E-state index contributed by atoms with van der Waals surface area (Å²) in [5, 5.41) is 0. The summed E-state index contributed by atoms with van der Waals surface area (Å²) in [5.74, 6) is -0.0529. The standard InChI is InChI=1S/C17H16O4/c1-20-12-21-17-10-6-5-9-14(17)16(19)11-15(18)13-7-3-2-4-8-13/h2-10H,11-12H2,1H3. The number of benzene rings is 2. The summed E-state index contributed by atoms with van der Waals surface area (Å²) in [6, 6.07) is 15.6. The van der Waals surface area contributed by atoms with Gasteiger partial charge in [-0.05, 0) is 12.1 Å². The topological polar surface area (TPSA) is 52.6 Å². The fourth-order valence-corrected chi connectivity index (χ4v) is 1.91. The van der Waals surface area contributed by atoms with E-state index in [4.69, 9.17) is 9.47 Å². The van der Waals surface area contributed by atoms with Gasteiger partial charge in [-0.25, -0.2) is 0 Å². The molecule has 108 valence electrons. The normalized spacial score (nSPS) is 10.1. The van der Waals surface area contributed by atoms with Gasteiger partial charge in [0.05, 0.1) is 12.0 Å². The molecule has 0 bridgehead atoms. The largest absolute Gasteiger partial charge is 0.467 e. The van der Waals surface area contributed by atoms with Crippen molar-refractivity contribution in [1.29, 1.82) is 0 Å². The van der Waals surface area contributed by atoms with E-state index >= 15 is 0 Å². The second-order valence-electron chi connectivity index (χ2n) is 4.44. The molecule has 0 aliphatic heterocycles. The number of hydrogen-bond donors (Lipinski definition) is 0. The van der Waals surface area contributed by atoms with Crippen molar-refractivity contribution in [2.24, 2.45) is 0 Å². The Morgan fingerprint density at radius 2 is 1.57 bits per heavy atom. The number of ketones is 2.